The number of hydrogen-bond acceptors (Lipinski definition) is 2. The van der Waals surface area contributed by atoms with Gasteiger partial charge in [0.1, 0.15) is 0 Å². The van der Waals surface area contributed by atoms with Crippen LogP contribution in [0.5, 0.6) is 0 Å². The molecule has 1 aliphatic heterocycles. The predicted molar refractivity (Wildman–Crippen MR) is 69.7 cm³/mol. The van der Waals surface area contributed by atoms with Crippen LogP contribution in [0.2, 0.25) is 0 Å². The highest BCUT2D eigenvalue weighted by Gasteiger charge is 2.11. The summed E-state index contributed by atoms with van der Waals surface area (Å²) in [5.74, 6) is 0. The minimum absolute atomic E-state index is 0.0567. The number of aliphatic hydroxyl groups excluding tert-OH is 1. The Morgan fingerprint density at radius 1 is 1.00 bits per heavy atom. The van der Waals surface area contributed by atoms with Gasteiger partial charge in [-0.2, -0.15) is 0 Å². The Kier molecular flexibility index (Phi) is 7.87. The highest BCUT2D eigenvalue weighted by Crippen LogP contribution is 2.12. The summed E-state index contributed by atoms with van der Waals surface area (Å²) in [5, 5.41) is 9.85. The number of hydrogen-bond donors (Lipinski definition) is 1. The van der Waals surface area contributed by atoms with E-state index in [0.29, 0.717) is 0 Å². The van der Waals surface area contributed by atoms with Gasteiger partial charge in [0, 0.05) is 6.54 Å². The summed E-state index contributed by atoms with van der Waals surface area (Å²) in [7, 11) is 0. The molecule has 0 aliphatic carbocycles. The van der Waals surface area contributed by atoms with Crippen LogP contribution >= 0.6 is 0 Å². The summed E-state index contributed by atoms with van der Waals surface area (Å²) >= 11 is 0. The molecule has 0 amide bonds. The van der Waals surface area contributed by atoms with E-state index in [4.69, 9.17) is 0 Å². The van der Waals surface area contributed by atoms with Crippen molar-refractivity contribution >= 4 is 0 Å². The van der Waals surface area contributed by atoms with Crippen LogP contribution in [0.25, 0.3) is 0 Å². The highest BCUT2D eigenvalue weighted by molar-refractivity contribution is 4.66. The van der Waals surface area contributed by atoms with E-state index in [0.717, 1.165) is 19.4 Å². The second-order valence-corrected chi connectivity index (χ2v) is 5.19. The average Bonchev–Trinajstić information content (AvgIpc) is 2.33. The molecule has 96 valence electrons. The number of unbranched alkanes of at least 4 members (excludes halogenated alkanes) is 3. The van der Waals surface area contributed by atoms with Gasteiger partial charge in [0.2, 0.25) is 0 Å². The van der Waals surface area contributed by atoms with E-state index in [9.17, 15) is 5.11 Å². The molecule has 1 heterocycles. The molecule has 0 aromatic carbocycles. The molecule has 0 spiro atoms. The standard InChI is InChI=1S/C14H29NO/c1-2-3-4-6-9-14(16)10-13-15-11-7-5-8-12-15/h14,16H,2-13H2,1H3. The molecule has 2 nitrogen and oxygen atoms in total. The fraction of sp³-hybridized carbons (Fsp3) is 1.00. The van der Waals surface area contributed by atoms with E-state index in [1.54, 1.807) is 0 Å². The maximum Gasteiger partial charge on any atom is 0.0552 e. The SMILES string of the molecule is CCCCCCC(O)CCN1CCCCC1. The Balaban J connectivity index is 1.94. The lowest BCUT2D eigenvalue weighted by Crippen LogP contribution is -2.32. The molecule has 1 unspecified atom stereocenters. The minimum Gasteiger partial charge on any atom is -0.393 e. The maximum atomic E-state index is 9.85. The lowest BCUT2D eigenvalue weighted by molar-refractivity contribution is 0.123. The highest BCUT2D eigenvalue weighted by atomic mass is 16.3. The third kappa shape index (κ3) is 6.49. The van der Waals surface area contributed by atoms with Gasteiger partial charge in [0.25, 0.3) is 0 Å². The molecule has 2 heteroatoms. The van der Waals surface area contributed by atoms with Crippen LogP contribution in [0, 0.1) is 0 Å². The molecule has 1 N–H and O–H groups in total. The molecule has 1 fully saturated rings. The van der Waals surface area contributed by atoms with Gasteiger partial charge in [-0.15, -0.1) is 0 Å². The van der Waals surface area contributed by atoms with Crippen molar-refractivity contribution in [3.63, 3.8) is 0 Å². The Hall–Kier alpha value is -0.0800. The number of nitrogens with zero attached hydrogens (tertiary/aromatic N) is 1. The van der Waals surface area contributed by atoms with Gasteiger partial charge in [-0.1, -0.05) is 39.0 Å². The van der Waals surface area contributed by atoms with Crippen LogP contribution < -0.4 is 0 Å². The molecule has 16 heavy (non-hydrogen) atoms. The van der Waals surface area contributed by atoms with Gasteiger partial charge < -0.3 is 10.0 Å². The van der Waals surface area contributed by atoms with Crippen molar-refractivity contribution < 1.29 is 5.11 Å². The van der Waals surface area contributed by atoms with Gasteiger partial charge in [-0.05, 0) is 38.8 Å². The molecular formula is C14H29NO. The van der Waals surface area contributed by atoms with Gasteiger partial charge in [0.15, 0.2) is 0 Å². The lowest BCUT2D eigenvalue weighted by atomic mass is 10.1. The van der Waals surface area contributed by atoms with E-state index in [1.165, 1.54) is 58.0 Å². The van der Waals surface area contributed by atoms with Crippen LogP contribution in [0.4, 0.5) is 0 Å². The summed E-state index contributed by atoms with van der Waals surface area (Å²) in [6.07, 6.45) is 11.1. The minimum atomic E-state index is -0.0567. The van der Waals surface area contributed by atoms with E-state index in [-0.39, 0.29) is 6.10 Å². The Morgan fingerprint density at radius 2 is 1.75 bits per heavy atom. The summed E-state index contributed by atoms with van der Waals surface area (Å²) in [5.41, 5.74) is 0. The fourth-order valence-electron chi connectivity index (χ4n) is 2.47. The third-order valence-corrected chi connectivity index (χ3v) is 3.62. The van der Waals surface area contributed by atoms with Crippen LogP contribution in [0.1, 0.15) is 64.7 Å². The molecule has 0 aromatic heterocycles. The molecule has 1 aliphatic rings. The predicted octanol–water partition coefficient (Wildman–Crippen LogP) is 3.19. The zero-order chi connectivity index (χ0) is 11.6. The second kappa shape index (κ2) is 9.00. The van der Waals surface area contributed by atoms with Crippen molar-refractivity contribution in [1.82, 2.24) is 4.90 Å². The summed E-state index contributed by atoms with van der Waals surface area (Å²) in [6.45, 7) is 5.84. The summed E-state index contributed by atoms with van der Waals surface area (Å²) in [4.78, 5) is 2.51. The van der Waals surface area contributed by atoms with Crippen molar-refractivity contribution in [2.45, 2.75) is 70.8 Å². The van der Waals surface area contributed by atoms with E-state index < -0.39 is 0 Å². The van der Waals surface area contributed by atoms with Gasteiger partial charge in [-0.3, -0.25) is 0 Å². The normalized spacial score (nSPS) is 19.9. The van der Waals surface area contributed by atoms with Crippen molar-refractivity contribution in [2.75, 3.05) is 19.6 Å². The van der Waals surface area contributed by atoms with E-state index in [2.05, 4.69) is 11.8 Å². The number of aliphatic hydroxyl groups is 1. The lowest BCUT2D eigenvalue weighted by Gasteiger charge is -2.27. The zero-order valence-electron chi connectivity index (χ0n) is 11.0. The monoisotopic (exact) mass is 227 g/mol. The third-order valence-electron chi connectivity index (χ3n) is 3.62. The first kappa shape index (κ1) is 14.0. The quantitative estimate of drug-likeness (QED) is 0.644. The zero-order valence-corrected chi connectivity index (χ0v) is 11.0. The Morgan fingerprint density at radius 3 is 2.44 bits per heavy atom. The molecule has 0 saturated carbocycles. The van der Waals surface area contributed by atoms with Crippen molar-refractivity contribution in [2.24, 2.45) is 0 Å². The smallest absolute Gasteiger partial charge is 0.0552 e. The molecule has 1 rings (SSSR count). The molecule has 0 bridgehead atoms. The first-order valence-electron chi connectivity index (χ1n) is 7.23. The molecule has 1 atom stereocenters. The number of piperidine rings is 1. The molecule has 0 aromatic rings. The van der Waals surface area contributed by atoms with Gasteiger partial charge >= 0.3 is 0 Å². The molecular weight excluding hydrogens is 198 g/mol. The number of rotatable bonds is 8. The first-order valence-corrected chi connectivity index (χ1v) is 7.23. The molecule has 1 saturated heterocycles. The van der Waals surface area contributed by atoms with Crippen molar-refractivity contribution in [3.8, 4) is 0 Å². The van der Waals surface area contributed by atoms with Crippen molar-refractivity contribution in [3.05, 3.63) is 0 Å². The van der Waals surface area contributed by atoms with Crippen LogP contribution in [0.3, 0.4) is 0 Å². The first-order chi connectivity index (χ1) is 7.83. The maximum absolute atomic E-state index is 9.85. The largest absolute Gasteiger partial charge is 0.393 e. The van der Waals surface area contributed by atoms with E-state index in [1.807, 2.05) is 0 Å². The van der Waals surface area contributed by atoms with Gasteiger partial charge in [0.05, 0.1) is 6.10 Å². The second-order valence-electron chi connectivity index (χ2n) is 5.19. The van der Waals surface area contributed by atoms with Crippen LogP contribution in [-0.4, -0.2) is 35.7 Å². The number of likely N-dealkylation sites (tertiary alicyclic amines) is 1. The van der Waals surface area contributed by atoms with Crippen LogP contribution in [0.15, 0.2) is 0 Å². The van der Waals surface area contributed by atoms with Crippen molar-refractivity contribution in [1.29, 1.82) is 0 Å². The molecule has 0 radical (unpaired) electrons. The fourth-order valence-corrected chi connectivity index (χ4v) is 2.47. The Labute approximate surface area is 101 Å². The topological polar surface area (TPSA) is 23.5 Å². The summed E-state index contributed by atoms with van der Waals surface area (Å²) in [6, 6.07) is 0. The Bertz CT molecular complexity index is 155. The average molecular weight is 227 g/mol. The van der Waals surface area contributed by atoms with E-state index >= 15 is 0 Å². The van der Waals surface area contributed by atoms with Gasteiger partial charge in [-0.25, -0.2) is 0 Å². The summed E-state index contributed by atoms with van der Waals surface area (Å²) < 4.78 is 0. The van der Waals surface area contributed by atoms with Crippen LogP contribution in [-0.2, 0) is 0 Å².